The van der Waals surface area contributed by atoms with Gasteiger partial charge in [-0.3, -0.25) is 4.79 Å². The first kappa shape index (κ1) is 18.4. The summed E-state index contributed by atoms with van der Waals surface area (Å²) in [6.07, 6.45) is 6.70. The smallest absolute Gasteiger partial charge is 0.248 e. The van der Waals surface area contributed by atoms with E-state index in [2.05, 4.69) is 34.1 Å². The van der Waals surface area contributed by atoms with E-state index in [0.29, 0.717) is 5.56 Å². The van der Waals surface area contributed by atoms with Crippen LogP contribution in [0.25, 0.3) is 0 Å². The zero-order valence-electron chi connectivity index (χ0n) is 15.1. The lowest BCUT2D eigenvalue weighted by Crippen LogP contribution is -2.46. The van der Waals surface area contributed by atoms with E-state index >= 15 is 0 Å². The Morgan fingerprint density at radius 1 is 1.27 bits per heavy atom. The molecule has 0 radical (unpaired) electrons. The SMILES string of the molecule is NC(=O)c1ccnc(N2CCC[C@](CO)(CCCc3ccccc3)C2)c1. The molecule has 1 saturated heterocycles. The fourth-order valence-electron chi connectivity index (χ4n) is 3.87. The average molecular weight is 353 g/mol. The van der Waals surface area contributed by atoms with Crippen molar-refractivity contribution in [1.29, 1.82) is 0 Å². The highest BCUT2D eigenvalue weighted by Gasteiger charge is 2.35. The van der Waals surface area contributed by atoms with Crippen molar-refractivity contribution in [2.24, 2.45) is 11.1 Å². The summed E-state index contributed by atoms with van der Waals surface area (Å²) in [7, 11) is 0. The number of hydrogen-bond donors (Lipinski definition) is 2. The Morgan fingerprint density at radius 2 is 2.08 bits per heavy atom. The second-order valence-electron chi connectivity index (χ2n) is 7.29. The summed E-state index contributed by atoms with van der Waals surface area (Å²) < 4.78 is 0. The highest BCUT2D eigenvalue weighted by Crippen LogP contribution is 2.36. The van der Waals surface area contributed by atoms with E-state index in [-0.39, 0.29) is 12.0 Å². The number of amides is 1. The van der Waals surface area contributed by atoms with E-state index in [1.807, 2.05) is 6.07 Å². The van der Waals surface area contributed by atoms with E-state index in [0.717, 1.165) is 51.0 Å². The lowest BCUT2D eigenvalue weighted by molar-refractivity contribution is 0.0938. The summed E-state index contributed by atoms with van der Waals surface area (Å²) >= 11 is 0. The van der Waals surface area contributed by atoms with Gasteiger partial charge in [0.1, 0.15) is 5.82 Å². The molecule has 0 spiro atoms. The fourth-order valence-corrected chi connectivity index (χ4v) is 3.87. The van der Waals surface area contributed by atoms with Crippen LogP contribution in [0.15, 0.2) is 48.7 Å². The maximum atomic E-state index is 11.4. The van der Waals surface area contributed by atoms with E-state index < -0.39 is 5.91 Å². The maximum absolute atomic E-state index is 11.4. The van der Waals surface area contributed by atoms with Crippen LogP contribution in [0.4, 0.5) is 5.82 Å². The van der Waals surface area contributed by atoms with Crippen LogP contribution in [0.5, 0.6) is 0 Å². The van der Waals surface area contributed by atoms with Crippen LogP contribution < -0.4 is 10.6 Å². The molecule has 0 bridgehead atoms. The zero-order chi connectivity index (χ0) is 18.4. The van der Waals surface area contributed by atoms with Crippen molar-refractivity contribution in [3.63, 3.8) is 0 Å². The number of anilines is 1. The lowest BCUT2D eigenvalue weighted by atomic mass is 9.76. The number of primary amides is 1. The summed E-state index contributed by atoms with van der Waals surface area (Å²) in [4.78, 5) is 18.0. The van der Waals surface area contributed by atoms with E-state index in [4.69, 9.17) is 5.73 Å². The number of carbonyl (C=O) groups excluding carboxylic acids is 1. The minimum Gasteiger partial charge on any atom is -0.396 e. The van der Waals surface area contributed by atoms with Crippen LogP contribution in [0.2, 0.25) is 0 Å². The van der Waals surface area contributed by atoms with Gasteiger partial charge in [0, 0.05) is 30.3 Å². The number of aliphatic hydroxyl groups excluding tert-OH is 1. The number of aliphatic hydroxyl groups is 1. The van der Waals surface area contributed by atoms with Crippen molar-refractivity contribution in [1.82, 2.24) is 4.98 Å². The molecule has 2 heterocycles. The first-order valence-corrected chi connectivity index (χ1v) is 9.27. The van der Waals surface area contributed by atoms with Gasteiger partial charge in [0.05, 0.1) is 6.61 Å². The third-order valence-electron chi connectivity index (χ3n) is 5.37. The van der Waals surface area contributed by atoms with Gasteiger partial charge in [0.2, 0.25) is 5.91 Å². The molecule has 1 aliphatic heterocycles. The van der Waals surface area contributed by atoms with Crippen LogP contribution in [0, 0.1) is 5.41 Å². The molecule has 1 fully saturated rings. The van der Waals surface area contributed by atoms with E-state index in [9.17, 15) is 9.90 Å². The molecular weight excluding hydrogens is 326 g/mol. The Labute approximate surface area is 154 Å². The zero-order valence-corrected chi connectivity index (χ0v) is 15.1. The monoisotopic (exact) mass is 353 g/mol. The largest absolute Gasteiger partial charge is 0.396 e. The minimum atomic E-state index is -0.443. The van der Waals surface area contributed by atoms with Crippen molar-refractivity contribution < 1.29 is 9.90 Å². The molecule has 1 aromatic carbocycles. The average Bonchev–Trinajstić information content (AvgIpc) is 2.69. The van der Waals surface area contributed by atoms with Gasteiger partial charge in [-0.15, -0.1) is 0 Å². The first-order chi connectivity index (χ1) is 12.6. The third kappa shape index (κ3) is 4.41. The normalized spacial score (nSPS) is 20.1. The van der Waals surface area contributed by atoms with Gasteiger partial charge in [0.15, 0.2) is 0 Å². The molecule has 3 rings (SSSR count). The fraction of sp³-hybridized carbons (Fsp3) is 0.429. The Hall–Kier alpha value is -2.40. The molecule has 1 aliphatic rings. The highest BCUT2D eigenvalue weighted by atomic mass is 16.3. The third-order valence-corrected chi connectivity index (χ3v) is 5.37. The molecule has 26 heavy (non-hydrogen) atoms. The number of nitrogens with zero attached hydrogens (tertiary/aromatic N) is 2. The van der Waals surface area contributed by atoms with Gasteiger partial charge in [-0.05, 0) is 49.8 Å². The molecule has 1 aromatic heterocycles. The molecule has 5 nitrogen and oxygen atoms in total. The summed E-state index contributed by atoms with van der Waals surface area (Å²) in [5.41, 5.74) is 7.08. The number of hydrogen-bond acceptors (Lipinski definition) is 4. The Bertz CT molecular complexity index is 735. The van der Waals surface area contributed by atoms with Gasteiger partial charge < -0.3 is 15.7 Å². The number of benzene rings is 1. The Balaban J connectivity index is 1.66. The Morgan fingerprint density at radius 3 is 2.81 bits per heavy atom. The predicted molar refractivity (Wildman–Crippen MR) is 103 cm³/mol. The molecular formula is C21H27N3O2. The summed E-state index contributed by atoms with van der Waals surface area (Å²) in [5.74, 6) is 0.323. The van der Waals surface area contributed by atoms with Crippen molar-refractivity contribution in [3.05, 3.63) is 59.8 Å². The number of nitrogens with two attached hydrogens (primary N) is 1. The topological polar surface area (TPSA) is 79.5 Å². The van der Waals surface area contributed by atoms with Crippen molar-refractivity contribution in [3.8, 4) is 0 Å². The minimum absolute atomic E-state index is 0.114. The molecule has 0 saturated carbocycles. The second kappa shape index (κ2) is 8.32. The number of rotatable bonds is 7. The number of pyridine rings is 1. The number of aryl methyl sites for hydroxylation is 1. The molecule has 1 amide bonds. The number of aromatic nitrogens is 1. The van der Waals surface area contributed by atoms with Crippen LogP contribution in [0.3, 0.4) is 0 Å². The molecule has 2 aromatic rings. The highest BCUT2D eigenvalue weighted by molar-refractivity contribution is 5.93. The van der Waals surface area contributed by atoms with Crippen molar-refractivity contribution >= 4 is 11.7 Å². The molecule has 0 aliphatic carbocycles. The maximum Gasteiger partial charge on any atom is 0.248 e. The number of piperidine rings is 1. The lowest BCUT2D eigenvalue weighted by Gasteiger charge is -2.42. The van der Waals surface area contributed by atoms with Gasteiger partial charge in [-0.25, -0.2) is 4.98 Å². The molecule has 1 atom stereocenters. The van der Waals surface area contributed by atoms with Crippen LogP contribution in [0.1, 0.15) is 41.6 Å². The standard InChI is InChI=1S/C21H27N3O2/c22-20(26)18-9-12-23-19(14-18)24-13-5-11-21(15-24,16-25)10-4-8-17-6-2-1-3-7-17/h1-3,6-7,9,12,14,25H,4-5,8,10-11,13,15-16H2,(H2,22,26)/t21-/m1/s1. The van der Waals surface area contributed by atoms with E-state index in [1.54, 1.807) is 18.3 Å². The molecule has 3 N–H and O–H groups in total. The molecule has 138 valence electrons. The van der Waals surface area contributed by atoms with Crippen LogP contribution >= 0.6 is 0 Å². The van der Waals surface area contributed by atoms with Gasteiger partial charge in [-0.2, -0.15) is 0 Å². The van der Waals surface area contributed by atoms with Gasteiger partial charge in [-0.1, -0.05) is 30.3 Å². The van der Waals surface area contributed by atoms with E-state index in [1.165, 1.54) is 5.56 Å². The number of carbonyl (C=O) groups is 1. The first-order valence-electron chi connectivity index (χ1n) is 9.27. The van der Waals surface area contributed by atoms with Crippen molar-refractivity contribution in [2.45, 2.75) is 32.1 Å². The molecule has 0 unspecified atom stereocenters. The van der Waals surface area contributed by atoms with Crippen molar-refractivity contribution in [2.75, 3.05) is 24.6 Å². The van der Waals surface area contributed by atoms with Gasteiger partial charge >= 0.3 is 0 Å². The Kier molecular flexibility index (Phi) is 5.89. The quantitative estimate of drug-likeness (QED) is 0.802. The summed E-state index contributed by atoms with van der Waals surface area (Å²) in [5, 5.41) is 10.1. The predicted octanol–water partition coefficient (Wildman–Crippen LogP) is 2.78. The van der Waals surface area contributed by atoms with Crippen LogP contribution in [-0.4, -0.2) is 35.7 Å². The van der Waals surface area contributed by atoms with Gasteiger partial charge in [0.25, 0.3) is 0 Å². The summed E-state index contributed by atoms with van der Waals surface area (Å²) in [6, 6.07) is 13.9. The summed E-state index contributed by atoms with van der Waals surface area (Å²) in [6.45, 7) is 1.82. The second-order valence-corrected chi connectivity index (χ2v) is 7.29. The molecule has 5 heteroatoms. The van der Waals surface area contributed by atoms with Crippen LogP contribution in [-0.2, 0) is 6.42 Å².